The highest BCUT2D eigenvalue weighted by molar-refractivity contribution is 6.30. The minimum absolute atomic E-state index is 0.0484. The molecule has 0 saturated carbocycles. The highest BCUT2D eigenvalue weighted by atomic mass is 35.5. The maximum Gasteiger partial charge on any atom is 0.253 e. The molecule has 1 atom stereocenters. The molecule has 1 amide bonds. The van der Waals surface area contributed by atoms with Crippen molar-refractivity contribution in [3.8, 4) is 0 Å². The molecule has 0 fully saturated rings. The molecule has 1 unspecified atom stereocenters. The summed E-state index contributed by atoms with van der Waals surface area (Å²) >= 11 is 5.92. The summed E-state index contributed by atoms with van der Waals surface area (Å²) in [6.07, 6.45) is 0. The van der Waals surface area contributed by atoms with E-state index in [1.807, 2.05) is 61.5 Å². The molecule has 0 heterocycles. The standard InChI is InChI=1S/C17H18ClNO2/c1-13(14-8-10-15(18)11-9-14)19(17(20)12-21-2)16-6-4-3-5-7-16/h3-11,13H,12H2,1-2H3. The Morgan fingerprint density at radius 3 is 2.33 bits per heavy atom. The third-order valence-electron chi connectivity index (χ3n) is 3.31. The van der Waals surface area contributed by atoms with E-state index in [9.17, 15) is 4.79 Å². The van der Waals surface area contributed by atoms with Crippen molar-refractivity contribution in [2.75, 3.05) is 18.6 Å². The van der Waals surface area contributed by atoms with Crippen molar-refractivity contribution in [3.63, 3.8) is 0 Å². The highest BCUT2D eigenvalue weighted by Crippen LogP contribution is 2.27. The third kappa shape index (κ3) is 3.84. The topological polar surface area (TPSA) is 29.5 Å². The van der Waals surface area contributed by atoms with Gasteiger partial charge >= 0.3 is 0 Å². The van der Waals surface area contributed by atoms with Gasteiger partial charge in [0.05, 0.1) is 6.04 Å². The zero-order valence-corrected chi connectivity index (χ0v) is 12.9. The van der Waals surface area contributed by atoms with Crippen molar-refractivity contribution in [1.29, 1.82) is 0 Å². The van der Waals surface area contributed by atoms with E-state index in [1.54, 1.807) is 4.90 Å². The lowest BCUT2D eigenvalue weighted by Crippen LogP contribution is -2.36. The molecule has 0 N–H and O–H groups in total. The number of benzene rings is 2. The fourth-order valence-corrected chi connectivity index (χ4v) is 2.38. The molecule has 2 aromatic rings. The number of carbonyl (C=O) groups excluding carboxylic acids is 1. The lowest BCUT2D eigenvalue weighted by molar-refractivity contribution is -0.122. The Labute approximate surface area is 130 Å². The van der Waals surface area contributed by atoms with E-state index in [0.717, 1.165) is 11.3 Å². The first-order valence-corrected chi connectivity index (χ1v) is 7.13. The Morgan fingerprint density at radius 2 is 1.76 bits per heavy atom. The highest BCUT2D eigenvalue weighted by Gasteiger charge is 2.22. The van der Waals surface area contributed by atoms with E-state index in [2.05, 4.69) is 0 Å². The van der Waals surface area contributed by atoms with E-state index in [4.69, 9.17) is 16.3 Å². The second-order valence-electron chi connectivity index (χ2n) is 4.76. The summed E-state index contributed by atoms with van der Waals surface area (Å²) in [5.74, 6) is -0.0776. The molecule has 21 heavy (non-hydrogen) atoms. The first-order chi connectivity index (χ1) is 10.1. The molecule has 0 bridgehead atoms. The number of nitrogens with zero attached hydrogens (tertiary/aromatic N) is 1. The molecule has 0 aliphatic rings. The van der Waals surface area contributed by atoms with Crippen molar-refractivity contribution < 1.29 is 9.53 Å². The Bertz CT molecular complexity index is 583. The van der Waals surface area contributed by atoms with E-state index < -0.39 is 0 Å². The molecule has 0 spiro atoms. The van der Waals surface area contributed by atoms with Crippen LogP contribution < -0.4 is 4.90 Å². The van der Waals surface area contributed by atoms with Crippen LogP contribution in [0, 0.1) is 0 Å². The summed E-state index contributed by atoms with van der Waals surface area (Å²) in [5.41, 5.74) is 1.87. The van der Waals surface area contributed by atoms with Gasteiger partial charge in [-0.2, -0.15) is 0 Å². The molecule has 0 aromatic heterocycles. The van der Waals surface area contributed by atoms with Crippen LogP contribution in [0.3, 0.4) is 0 Å². The van der Waals surface area contributed by atoms with Crippen molar-refractivity contribution >= 4 is 23.2 Å². The molecule has 0 radical (unpaired) electrons. The maximum absolute atomic E-state index is 12.4. The molecule has 0 aliphatic carbocycles. The van der Waals surface area contributed by atoms with Gasteiger partial charge in [-0.3, -0.25) is 4.79 Å². The fraction of sp³-hybridized carbons (Fsp3) is 0.235. The average Bonchev–Trinajstić information content (AvgIpc) is 2.49. The molecular formula is C17H18ClNO2. The summed E-state index contributed by atoms with van der Waals surface area (Å²) in [6, 6.07) is 17.0. The number of carbonyl (C=O) groups is 1. The minimum atomic E-state index is -0.104. The van der Waals surface area contributed by atoms with Crippen molar-refractivity contribution in [3.05, 3.63) is 65.2 Å². The van der Waals surface area contributed by atoms with Gasteiger partial charge in [-0.15, -0.1) is 0 Å². The number of halogens is 1. The normalized spacial score (nSPS) is 12.0. The first kappa shape index (κ1) is 15.5. The molecule has 0 aliphatic heterocycles. The molecule has 3 nitrogen and oxygen atoms in total. The van der Waals surface area contributed by atoms with Crippen molar-refractivity contribution in [2.24, 2.45) is 0 Å². The summed E-state index contributed by atoms with van der Waals surface area (Å²) in [7, 11) is 1.52. The van der Waals surface area contributed by atoms with Crippen LogP contribution in [0.15, 0.2) is 54.6 Å². The number of anilines is 1. The second kappa shape index (κ2) is 7.25. The SMILES string of the molecule is COCC(=O)N(c1ccccc1)C(C)c1ccc(Cl)cc1. The van der Waals surface area contributed by atoms with Gasteiger partial charge in [0.25, 0.3) is 5.91 Å². The lowest BCUT2D eigenvalue weighted by atomic mass is 10.1. The van der Waals surface area contributed by atoms with Gasteiger partial charge in [0.15, 0.2) is 0 Å². The predicted octanol–water partition coefficient (Wildman–Crippen LogP) is 4.08. The van der Waals surface area contributed by atoms with Crippen LogP contribution in [0.4, 0.5) is 5.69 Å². The molecular weight excluding hydrogens is 286 g/mol. The van der Waals surface area contributed by atoms with Crippen LogP contribution in [-0.2, 0) is 9.53 Å². The average molecular weight is 304 g/mol. The van der Waals surface area contributed by atoms with Gasteiger partial charge in [-0.25, -0.2) is 0 Å². The molecule has 2 rings (SSSR count). The van der Waals surface area contributed by atoms with Crippen LogP contribution in [0.1, 0.15) is 18.5 Å². The van der Waals surface area contributed by atoms with Crippen molar-refractivity contribution in [1.82, 2.24) is 0 Å². The van der Waals surface area contributed by atoms with Gasteiger partial charge in [0, 0.05) is 17.8 Å². The van der Waals surface area contributed by atoms with E-state index in [-0.39, 0.29) is 18.6 Å². The maximum atomic E-state index is 12.4. The van der Waals surface area contributed by atoms with Crippen LogP contribution >= 0.6 is 11.6 Å². The number of amides is 1. The summed E-state index contributed by atoms with van der Waals surface area (Å²) in [4.78, 5) is 14.1. The van der Waals surface area contributed by atoms with Gasteiger partial charge in [0.2, 0.25) is 0 Å². The largest absolute Gasteiger partial charge is 0.375 e. The van der Waals surface area contributed by atoms with Gasteiger partial charge < -0.3 is 9.64 Å². The summed E-state index contributed by atoms with van der Waals surface area (Å²) in [5, 5.41) is 0.681. The lowest BCUT2D eigenvalue weighted by Gasteiger charge is -2.29. The van der Waals surface area contributed by atoms with Crippen LogP contribution in [0.5, 0.6) is 0 Å². The molecule has 0 saturated heterocycles. The van der Waals surface area contributed by atoms with E-state index >= 15 is 0 Å². The van der Waals surface area contributed by atoms with Crippen LogP contribution in [0.2, 0.25) is 5.02 Å². The monoisotopic (exact) mass is 303 g/mol. The van der Waals surface area contributed by atoms with Crippen LogP contribution in [0.25, 0.3) is 0 Å². The Hall–Kier alpha value is -1.84. The first-order valence-electron chi connectivity index (χ1n) is 6.75. The van der Waals surface area contributed by atoms with Crippen molar-refractivity contribution in [2.45, 2.75) is 13.0 Å². The molecule has 110 valence electrons. The van der Waals surface area contributed by atoms with E-state index in [1.165, 1.54) is 7.11 Å². The van der Waals surface area contributed by atoms with Crippen LogP contribution in [-0.4, -0.2) is 19.6 Å². The number of rotatable bonds is 5. The van der Waals surface area contributed by atoms with Gasteiger partial charge in [-0.05, 0) is 36.8 Å². The Balaban J connectivity index is 2.35. The zero-order valence-electron chi connectivity index (χ0n) is 12.1. The predicted molar refractivity (Wildman–Crippen MR) is 85.7 cm³/mol. The number of hydrogen-bond donors (Lipinski definition) is 0. The second-order valence-corrected chi connectivity index (χ2v) is 5.20. The summed E-state index contributed by atoms with van der Waals surface area (Å²) < 4.78 is 5.00. The van der Waals surface area contributed by atoms with Gasteiger partial charge in [-0.1, -0.05) is 41.9 Å². The number of ether oxygens (including phenoxy) is 1. The Morgan fingerprint density at radius 1 is 1.14 bits per heavy atom. The number of hydrogen-bond acceptors (Lipinski definition) is 2. The number of para-hydroxylation sites is 1. The summed E-state index contributed by atoms with van der Waals surface area (Å²) in [6.45, 7) is 2.04. The number of methoxy groups -OCH3 is 1. The molecule has 2 aromatic carbocycles. The third-order valence-corrected chi connectivity index (χ3v) is 3.56. The fourth-order valence-electron chi connectivity index (χ4n) is 2.26. The van der Waals surface area contributed by atoms with Gasteiger partial charge in [0.1, 0.15) is 6.61 Å². The zero-order chi connectivity index (χ0) is 15.2. The quantitative estimate of drug-likeness (QED) is 0.833. The minimum Gasteiger partial charge on any atom is -0.375 e. The Kier molecular flexibility index (Phi) is 5.37. The van der Waals surface area contributed by atoms with E-state index in [0.29, 0.717) is 5.02 Å². The smallest absolute Gasteiger partial charge is 0.253 e. The molecule has 4 heteroatoms.